The third-order valence-electron chi connectivity index (χ3n) is 2.58. The highest BCUT2D eigenvalue weighted by atomic mass is 32.2. The summed E-state index contributed by atoms with van der Waals surface area (Å²) in [5, 5.41) is 0. The maximum absolute atomic E-state index is 5.12. The van der Waals surface area contributed by atoms with Crippen LogP contribution in [0.2, 0.25) is 0 Å². The Labute approximate surface area is 129 Å². The van der Waals surface area contributed by atoms with E-state index in [-0.39, 0.29) is 0 Å². The van der Waals surface area contributed by atoms with Gasteiger partial charge in [0.15, 0.2) is 0 Å². The van der Waals surface area contributed by atoms with Crippen LogP contribution in [0.3, 0.4) is 0 Å². The number of benzene rings is 2. The topological polar surface area (TPSA) is 18.5 Å². The molecular weight excluding hydrogens is 288 g/mol. The molecule has 108 valence electrons. The predicted molar refractivity (Wildman–Crippen MR) is 89.6 cm³/mol. The summed E-state index contributed by atoms with van der Waals surface area (Å²) < 4.78 is 10.1. The Morgan fingerprint density at radius 1 is 0.750 bits per heavy atom. The quantitative estimate of drug-likeness (QED) is 0.752. The fourth-order valence-corrected chi connectivity index (χ4v) is 2.47. The van der Waals surface area contributed by atoms with E-state index in [1.54, 1.807) is 37.7 Å². The fraction of sp³-hybridized carbons (Fsp3) is 0.250. The minimum absolute atomic E-state index is 0.915. The molecule has 0 bridgehead atoms. The second-order valence-corrected chi connectivity index (χ2v) is 5.46. The Morgan fingerprint density at radius 2 is 1.40 bits per heavy atom. The van der Waals surface area contributed by atoms with Crippen molar-refractivity contribution in [3.8, 4) is 11.5 Å². The lowest BCUT2D eigenvalue weighted by Crippen LogP contribution is -1.83. The molecule has 2 nitrogen and oxygen atoms in total. The van der Waals surface area contributed by atoms with Gasteiger partial charge in [0.25, 0.3) is 0 Å². The lowest BCUT2D eigenvalue weighted by atomic mass is 10.3. The first-order valence-corrected chi connectivity index (χ1v) is 8.55. The van der Waals surface area contributed by atoms with E-state index in [0.29, 0.717) is 0 Å². The van der Waals surface area contributed by atoms with Crippen molar-refractivity contribution in [3.05, 3.63) is 48.5 Å². The molecule has 0 fully saturated rings. The van der Waals surface area contributed by atoms with Gasteiger partial charge in [-0.25, -0.2) is 0 Å². The largest absolute Gasteiger partial charge is 0.497 e. The third-order valence-corrected chi connectivity index (χ3v) is 4.10. The Kier molecular flexibility index (Phi) is 8.07. The molecule has 0 aliphatic rings. The molecule has 4 heteroatoms. The van der Waals surface area contributed by atoms with E-state index in [0.717, 1.165) is 11.5 Å². The van der Waals surface area contributed by atoms with Gasteiger partial charge in [-0.1, -0.05) is 12.1 Å². The summed E-state index contributed by atoms with van der Waals surface area (Å²) in [4.78, 5) is 2.45. The Hall–Kier alpha value is -1.26. The van der Waals surface area contributed by atoms with Crippen molar-refractivity contribution in [2.45, 2.75) is 9.79 Å². The van der Waals surface area contributed by atoms with Gasteiger partial charge in [0.05, 0.1) is 14.2 Å². The number of thioether (sulfide) groups is 2. The van der Waals surface area contributed by atoms with Gasteiger partial charge in [-0.05, 0) is 48.9 Å². The normalized spacial score (nSPS) is 9.40. The van der Waals surface area contributed by atoms with Crippen LogP contribution in [0.4, 0.5) is 0 Å². The number of para-hydroxylation sites is 1. The molecule has 0 aliphatic carbocycles. The van der Waals surface area contributed by atoms with Gasteiger partial charge < -0.3 is 9.47 Å². The second-order valence-electron chi connectivity index (χ2n) is 3.73. The van der Waals surface area contributed by atoms with Gasteiger partial charge >= 0.3 is 0 Å². The summed E-state index contributed by atoms with van der Waals surface area (Å²) >= 11 is 3.43. The lowest BCUT2D eigenvalue weighted by molar-refractivity contribution is 0.405. The van der Waals surface area contributed by atoms with Crippen LogP contribution in [0.5, 0.6) is 11.5 Å². The van der Waals surface area contributed by atoms with Crippen LogP contribution in [-0.4, -0.2) is 26.7 Å². The molecular formula is C16H20O2S2. The molecule has 2 aromatic carbocycles. The van der Waals surface area contributed by atoms with Crippen LogP contribution in [0.25, 0.3) is 0 Å². The molecule has 0 aliphatic heterocycles. The molecule has 20 heavy (non-hydrogen) atoms. The van der Waals surface area contributed by atoms with E-state index in [1.165, 1.54) is 9.79 Å². The number of hydrogen-bond donors (Lipinski definition) is 0. The van der Waals surface area contributed by atoms with E-state index >= 15 is 0 Å². The zero-order valence-electron chi connectivity index (χ0n) is 12.3. The average molecular weight is 308 g/mol. The standard InChI is InChI=1S/2C8H10OS/c1-9-7-3-5-8(10-2)6-4-7;1-9-7-5-3-4-6-8(7)10-2/h2*3-6H,1-2H3. The number of rotatable bonds is 4. The van der Waals surface area contributed by atoms with E-state index in [4.69, 9.17) is 9.47 Å². The van der Waals surface area contributed by atoms with Crippen molar-refractivity contribution in [1.29, 1.82) is 0 Å². The van der Waals surface area contributed by atoms with E-state index in [2.05, 4.69) is 6.26 Å². The zero-order chi connectivity index (χ0) is 14.8. The van der Waals surface area contributed by atoms with Gasteiger partial charge in [0, 0.05) is 9.79 Å². The molecule has 0 amide bonds. The smallest absolute Gasteiger partial charge is 0.132 e. The molecule has 0 unspecified atom stereocenters. The Balaban J connectivity index is 0.000000200. The number of ether oxygens (including phenoxy) is 2. The number of hydrogen-bond acceptors (Lipinski definition) is 4. The van der Waals surface area contributed by atoms with Crippen LogP contribution in [0.1, 0.15) is 0 Å². The highest BCUT2D eigenvalue weighted by Crippen LogP contribution is 2.25. The van der Waals surface area contributed by atoms with Gasteiger partial charge in [-0.2, -0.15) is 0 Å². The van der Waals surface area contributed by atoms with Crippen molar-refractivity contribution in [2.75, 3.05) is 26.7 Å². The summed E-state index contributed by atoms with van der Waals surface area (Å²) in [7, 11) is 3.36. The molecule has 0 atom stereocenters. The lowest BCUT2D eigenvalue weighted by Gasteiger charge is -2.03. The monoisotopic (exact) mass is 308 g/mol. The fourth-order valence-electron chi connectivity index (χ4n) is 1.50. The summed E-state index contributed by atoms with van der Waals surface area (Å²) in [5.74, 6) is 1.87. The van der Waals surface area contributed by atoms with Crippen LogP contribution in [0.15, 0.2) is 58.3 Å². The van der Waals surface area contributed by atoms with Crippen LogP contribution in [-0.2, 0) is 0 Å². The van der Waals surface area contributed by atoms with Crippen molar-refractivity contribution >= 4 is 23.5 Å². The second kappa shape index (κ2) is 9.61. The predicted octanol–water partition coefficient (Wildman–Crippen LogP) is 4.83. The SMILES string of the molecule is COc1ccc(SC)cc1.COc1ccccc1SC. The summed E-state index contributed by atoms with van der Waals surface area (Å²) in [5.41, 5.74) is 0. The summed E-state index contributed by atoms with van der Waals surface area (Å²) in [6.07, 6.45) is 4.10. The Bertz CT molecular complexity index is 452. The van der Waals surface area contributed by atoms with Gasteiger partial charge in [-0.3, -0.25) is 0 Å². The van der Waals surface area contributed by atoms with Crippen LogP contribution in [0, 0.1) is 0 Å². The highest BCUT2D eigenvalue weighted by molar-refractivity contribution is 7.98. The maximum atomic E-state index is 5.12. The van der Waals surface area contributed by atoms with Gasteiger partial charge in [0.1, 0.15) is 11.5 Å². The van der Waals surface area contributed by atoms with Gasteiger partial charge in [-0.15, -0.1) is 23.5 Å². The van der Waals surface area contributed by atoms with Crippen LogP contribution < -0.4 is 9.47 Å². The first-order valence-electron chi connectivity index (χ1n) is 6.10. The molecule has 0 heterocycles. The minimum Gasteiger partial charge on any atom is -0.497 e. The molecule has 0 N–H and O–H groups in total. The summed E-state index contributed by atoms with van der Waals surface area (Å²) in [6.45, 7) is 0. The summed E-state index contributed by atoms with van der Waals surface area (Å²) in [6, 6.07) is 16.0. The molecule has 0 spiro atoms. The first kappa shape index (κ1) is 16.8. The minimum atomic E-state index is 0.915. The van der Waals surface area contributed by atoms with E-state index < -0.39 is 0 Å². The Morgan fingerprint density at radius 3 is 1.85 bits per heavy atom. The molecule has 0 aromatic heterocycles. The average Bonchev–Trinajstić information content (AvgIpc) is 2.55. The molecule has 0 saturated carbocycles. The van der Waals surface area contributed by atoms with Crippen molar-refractivity contribution in [3.63, 3.8) is 0 Å². The molecule has 2 rings (SSSR count). The molecule has 0 saturated heterocycles. The zero-order valence-corrected chi connectivity index (χ0v) is 13.9. The number of methoxy groups -OCH3 is 2. The van der Waals surface area contributed by atoms with Crippen molar-refractivity contribution < 1.29 is 9.47 Å². The van der Waals surface area contributed by atoms with E-state index in [1.807, 2.05) is 54.8 Å². The van der Waals surface area contributed by atoms with E-state index in [9.17, 15) is 0 Å². The van der Waals surface area contributed by atoms with Crippen molar-refractivity contribution in [1.82, 2.24) is 0 Å². The van der Waals surface area contributed by atoms with Crippen molar-refractivity contribution in [2.24, 2.45) is 0 Å². The molecule has 0 radical (unpaired) electrons. The first-order chi connectivity index (χ1) is 9.74. The van der Waals surface area contributed by atoms with Gasteiger partial charge in [0.2, 0.25) is 0 Å². The molecule has 2 aromatic rings. The highest BCUT2D eigenvalue weighted by Gasteiger charge is 1.96. The third kappa shape index (κ3) is 5.39. The van der Waals surface area contributed by atoms with Crippen LogP contribution >= 0.6 is 23.5 Å². The maximum Gasteiger partial charge on any atom is 0.132 e.